The number of likely N-dealkylation sites (tertiary alicyclic amines) is 1. The van der Waals surface area contributed by atoms with Gasteiger partial charge in [-0.15, -0.1) is 0 Å². The van der Waals surface area contributed by atoms with Crippen molar-refractivity contribution in [2.24, 2.45) is 11.3 Å². The van der Waals surface area contributed by atoms with Gasteiger partial charge >= 0.3 is 0 Å². The third-order valence-electron chi connectivity index (χ3n) is 5.01. The number of rotatable bonds is 2. The molecule has 6 nitrogen and oxygen atoms in total. The predicted octanol–water partition coefficient (Wildman–Crippen LogP) is 1.83. The first-order valence-electron chi connectivity index (χ1n) is 8.05. The molecular formula is C17H22N4O2. The number of amidine groups is 1. The minimum atomic E-state index is -0.248. The van der Waals surface area contributed by atoms with E-state index in [0.717, 1.165) is 19.4 Å². The summed E-state index contributed by atoms with van der Waals surface area (Å²) in [6, 6.07) is 5.34. The molecule has 2 atom stereocenters. The van der Waals surface area contributed by atoms with Crippen LogP contribution in [0.1, 0.15) is 43.1 Å². The molecule has 2 amide bonds. The number of piperidine rings is 2. The van der Waals surface area contributed by atoms with Crippen LogP contribution in [0.15, 0.2) is 24.4 Å². The van der Waals surface area contributed by atoms with Crippen molar-refractivity contribution in [3.05, 3.63) is 30.1 Å². The molecule has 3 heterocycles. The Kier molecular flexibility index (Phi) is 4.15. The molecule has 0 radical (unpaired) electrons. The van der Waals surface area contributed by atoms with Gasteiger partial charge in [-0.3, -0.25) is 20.0 Å². The van der Waals surface area contributed by atoms with Crippen molar-refractivity contribution >= 4 is 17.6 Å². The molecule has 3 rings (SSSR count). The van der Waals surface area contributed by atoms with Gasteiger partial charge in [0.25, 0.3) is 5.91 Å². The Balaban J connectivity index is 1.74. The van der Waals surface area contributed by atoms with Gasteiger partial charge in [-0.2, -0.15) is 0 Å². The van der Waals surface area contributed by atoms with Crippen LogP contribution in [0.2, 0.25) is 0 Å². The van der Waals surface area contributed by atoms with Crippen LogP contribution in [0.4, 0.5) is 0 Å². The van der Waals surface area contributed by atoms with E-state index < -0.39 is 0 Å². The Morgan fingerprint density at radius 3 is 2.96 bits per heavy atom. The highest BCUT2D eigenvalue weighted by atomic mass is 16.2. The summed E-state index contributed by atoms with van der Waals surface area (Å²) in [6.45, 7) is 3.43. The second-order valence-corrected chi connectivity index (χ2v) is 6.84. The lowest BCUT2D eigenvalue weighted by Gasteiger charge is -2.45. The standard InChI is InChI=1S/C17H22N4O2/c1-17(9-14(18)20-15(22)10-17)12-5-4-8-21(11-12)16(23)13-6-2-3-7-19-13/h2-3,6-7,12H,4-5,8-11H2,1H3,(H2,18,20,22)/t12?,17-/m0/s1. The number of pyridine rings is 1. The minimum absolute atomic E-state index is 0.0470. The number of nitrogens with one attached hydrogen (secondary N) is 2. The largest absolute Gasteiger partial charge is 0.337 e. The monoisotopic (exact) mass is 314 g/mol. The molecule has 0 aliphatic carbocycles. The quantitative estimate of drug-likeness (QED) is 0.873. The van der Waals surface area contributed by atoms with E-state index in [2.05, 4.69) is 17.2 Å². The summed E-state index contributed by atoms with van der Waals surface area (Å²) in [5, 5.41) is 10.4. The summed E-state index contributed by atoms with van der Waals surface area (Å²) in [5.41, 5.74) is 0.218. The van der Waals surface area contributed by atoms with Crippen LogP contribution < -0.4 is 5.32 Å². The zero-order valence-electron chi connectivity index (χ0n) is 13.3. The zero-order chi connectivity index (χ0) is 16.4. The van der Waals surface area contributed by atoms with Crippen molar-refractivity contribution in [3.63, 3.8) is 0 Å². The fourth-order valence-electron chi connectivity index (χ4n) is 3.76. The Hall–Kier alpha value is -2.24. The summed E-state index contributed by atoms with van der Waals surface area (Å²) < 4.78 is 0. The highest BCUT2D eigenvalue weighted by Gasteiger charge is 2.42. The molecule has 0 aromatic carbocycles. The van der Waals surface area contributed by atoms with Crippen molar-refractivity contribution < 1.29 is 9.59 Å². The Bertz CT molecular complexity index is 613. The van der Waals surface area contributed by atoms with Gasteiger partial charge in [-0.05, 0) is 36.3 Å². The van der Waals surface area contributed by atoms with E-state index in [4.69, 9.17) is 5.41 Å². The van der Waals surface area contributed by atoms with Crippen LogP contribution in [-0.2, 0) is 4.79 Å². The van der Waals surface area contributed by atoms with Crippen molar-refractivity contribution in [1.82, 2.24) is 15.2 Å². The summed E-state index contributed by atoms with van der Waals surface area (Å²) >= 11 is 0. The van der Waals surface area contributed by atoms with Crippen LogP contribution >= 0.6 is 0 Å². The SMILES string of the molecule is C[C@]1(C2CCCN(C(=O)c3ccccn3)C2)CC(=N)NC(=O)C1. The lowest BCUT2D eigenvalue weighted by atomic mass is 9.67. The second-order valence-electron chi connectivity index (χ2n) is 6.84. The van der Waals surface area contributed by atoms with E-state index in [-0.39, 0.29) is 29.0 Å². The molecule has 23 heavy (non-hydrogen) atoms. The maximum atomic E-state index is 12.6. The van der Waals surface area contributed by atoms with Crippen LogP contribution in [0.25, 0.3) is 0 Å². The molecule has 122 valence electrons. The predicted molar refractivity (Wildman–Crippen MR) is 86.1 cm³/mol. The first-order valence-corrected chi connectivity index (χ1v) is 8.05. The van der Waals surface area contributed by atoms with Crippen molar-refractivity contribution in [1.29, 1.82) is 5.41 Å². The summed E-state index contributed by atoms with van der Waals surface area (Å²) in [4.78, 5) is 30.4. The van der Waals surface area contributed by atoms with Gasteiger partial charge in [0.2, 0.25) is 5.91 Å². The van der Waals surface area contributed by atoms with Gasteiger partial charge in [0, 0.05) is 32.1 Å². The minimum Gasteiger partial charge on any atom is -0.337 e. The van der Waals surface area contributed by atoms with Crippen LogP contribution in [0, 0.1) is 16.7 Å². The molecular weight excluding hydrogens is 292 g/mol. The fraction of sp³-hybridized carbons (Fsp3) is 0.529. The first kappa shape index (κ1) is 15.6. The Labute approximate surface area is 135 Å². The number of hydrogen-bond acceptors (Lipinski definition) is 4. The van der Waals surface area contributed by atoms with Crippen molar-refractivity contribution in [2.45, 2.75) is 32.6 Å². The van der Waals surface area contributed by atoms with Crippen LogP contribution in [0.5, 0.6) is 0 Å². The van der Waals surface area contributed by atoms with E-state index in [9.17, 15) is 9.59 Å². The topological polar surface area (TPSA) is 86.2 Å². The average Bonchev–Trinajstić information content (AvgIpc) is 2.54. The Morgan fingerprint density at radius 1 is 1.43 bits per heavy atom. The third-order valence-corrected chi connectivity index (χ3v) is 5.01. The fourth-order valence-corrected chi connectivity index (χ4v) is 3.76. The molecule has 0 spiro atoms. The van der Waals surface area contributed by atoms with Gasteiger partial charge in [-0.25, -0.2) is 0 Å². The number of amides is 2. The molecule has 2 saturated heterocycles. The molecule has 2 aliphatic rings. The van der Waals surface area contributed by atoms with Gasteiger partial charge in [-0.1, -0.05) is 13.0 Å². The number of carbonyl (C=O) groups excluding carboxylic acids is 2. The molecule has 0 saturated carbocycles. The maximum absolute atomic E-state index is 12.6. The van der Waals surface area contributed by atoms with Crippen molar-refractivity contribution in [3.8, 4) is 0 Å². The smallest absolute Gasteiger partial charge is 0.272 e. The maximum Gasteiger partial charge on any atom is 0.272 e. The first-order chi connectivity index (χ1) is 11.0. The molecule has 1 aromatic heterocycles. The molecule has 6 heteroatoms. The summed E-state index contributed by atoms with van der Waals surface area (Å²) in [6.07, 6.45) is 4.53. The van der Waals surface area contributed by atoms with E-state index in [0.29, 0.717) is 25.1 Å². The van der Waals surface area contributed by atoms with Crippen molar-refractivity contribution in [2.75, 3.05) is 13.1 Å². The molecule has 2 fully saturated rings. The third kappa shape index (κ3) is 3.25. The lowest BCUT2D eigenvalue weighted by molar-refractivity contribution is -0.124. The van der Waals surface area contributed by atoms with Crippen LogP contribution in [0.3, 0.4) is 0 Å². The normalized spacial score (nSPS) is 28.4. The molecule has 1 unspecified atom stereocenters. The number of aromatic nitrogens is 1. The lowest BCUT2D eigenvalue weighted by Crippen LogP contribution is -2.51. The molecule has 2 N–H and O–H groups in total. The van der Waals surface area contributed by atoms with Gasteiger partial charge in [0.15, 0.2) is 0 Å². The molecule has 1 aromatic rings. The van der Waals surface area contributed by atoms with E-state index in [1.807, 2.05) is 11.0 Å². The van der Waals surface area contributed by atoms with Gasteiger partial charge in [0.05, 0.1) is 0 Å². The summed E-state index contributed by atoms with van der Waals surface area (Å²) in [5.74, 6) is 0.387. The molecule has 2 aliphatic heterocycles. The van der Waals surface area contributed by atoms with E-state index in [1.54, 1.807) is 18.3 Å². The Morgan fingerprint density at radius 2 is 2.26 bits per heavy atom. The highest BCUT2D eigenvalue weighted by molar-refractivity contribution is 5.99. The van der Waals surface area contributed by atoms with E-state index >= 15 is 0 Å². The summed E-state index contributed by atoms with van der Waals surface area (Å²) in [7, 11) is 0. The number of hydrogen-bond donors (Lipinski definition) is 2. The number of carbonyl (C=O) groups is 2. The molecule has 0 bridgehead atoms. The van der Waals surface area contributed by atoms with Gasteiger partial charge in [0.1, 0.15) is 11.5 Å². The second kappa shape index (κ2) is 6.10. The average molecular weight is 314 g/mol. The number of nitrogens with zero attached hydrogens (tertiary/aromatic N) is 2. The zero-order valence-corrected chi connectivity index (χ0v) is 13.3. The van der Waals surface area contributed by atoms with Crippen LogP contribution in [-0.4, -0.2) is 40.6 Å². The van der Waals surface area contributed by atoms with E-state index in [1.165, 1.54) is 0 Å². The van der Waals surface area contributed by atoms with Gasteiger partial charge < -0.3 is 10.2 Å². The highest BCUT2D eigenvalue weighted by Crippen LogP contribution is 2.41.